The van der Waals surface area contributed by atoms with Gasteiger partial charge in [0, 0.05) is 43.9 Å². The maximum atomic E-state index is 12.8. The second-order valence-electron chi connectivity index (χ2n) is 8.27. The molecule has 5 nitrogen and oxygen atoms in total. The number of nitrogens with zero attached hydrogens (tertiary/aromatic N) is 3. The number of hydrogen-bond donors (Lipinski definition) is 0. The Labute approximate surface area is 204 Å². The number of aromatic nitrogens is 1. The number of amides is 1. The van der Waals surface area contributed by atoms with Crippen molar-refractivity contribution in [3.05, 3.63) is 99.3 Å². The van der Waals surface area contributed by atoms with E-state index in [0.29, 0.717) is 30.3 Å². The Morgan fingerprint density at radius 1 is 1.03 bits per heavy atom. The standard InChI is InChI=1S/C26H27Cl2N3O2/c1-19-4-2-5-20(16-19)18-33-24(21-7-9-22(27)10-8-21)17-30-12-14-31(15-13-30)26(32)23-6-3-11-29-25(23)28/h2-11,16,24H,12-15,17-18H2,1H3. The highest BCUT2D eigenvalue weighted by Gasteiger charge is 2.26. The lowest BCUT2D eigenvalue weighted by Gasteiger charge is -2.36. The summed E-state index contributed by atoms with van der Waals surface area (Å²) in [4.78, 5) is 21.0. The molecule has 1 aliphatic heterocycles. The third kappa shape index (κ3) is 6.33. The fraction of sp³-hybridized carbons (Fsp3) is 0.308. The topological polar surface area (TPSA) is 45.7 Å². The molecule has 7 heteroatoms. The average Bonchev–Trinajstić information content (AvgIpc) is 2.83. The van der Waals surface area contributed by atoms with E-state index in [9.17, 15) is 4.79 Å². The molecule has 1 aromatic heterocycles. The minimum atomic E-state index is -0.0993. The molecule has 2 heterocycles. The Bertz CT molecular complexity index is 1080. The van der Waals surface area contributed by atoms with E-state index >= 15 is 0 Å². The van der Waals surface area contributed by atoms with Gasteiger partial charge < -0.3 is 9.64 Å². The molecule has 4 rings (SSSR count). The number of halogens is 2. The highest BCUT2D eigenvalue weighted by atomic mass is 35.5. The van der Waals surface area contributed by atoms with Crippen LogP contribution in [0.5, 0.6) is 0 Å². The normalized spacial score (nSPS) is 15.4. The van der Waals surface area contributed by atoms with Crippen molar-refractivity contribution in [3.8, 4) is 0 Å². The Balaban J connectivity index is 1.39. The van der Waals surface area contributed by atoms with Gasteiger partial charge >= 0.3 is 0 Å². The molecule has 0 radical (unpaired) electrons. The molecule has 33 heavy (non-hydrogen) atoms. The zero-order valence-electron chi connectivity index (χ0n) is 18.6. The van der Waals surface area contributed by atoms with Gasteiger partial charge in [-0.2, -0.15) is 0 Å². The molecule has 3 aromatic rings. The van der Waals surface area contributed by atoms with Gasteiger partial charge in [-0.3, -0.25) is 9.69 Å². The van der Waals surface area contributed by atoms with Gasteiger partial charge in [0.25, 0.3) is 5.91 Å². The first kappa shape index (κ1) is 23.7. The monoisotopic (exact) mass is 483 g/mol. The number of piperazine rings is 1. The van der Waals surface area contributed by atoms with Gasteiger partial charge in [0.15, 0.2) is 0 Å². The zero-order chi connectivity index (χ0) is 23.2. The van der Waals surface area contributed by atoms with E-state index in [2.05, 4.69) is 41.1 Å². The molecule has 0 bridgehead atoms. The second kappa shape index (κ2) is 11.1. The van der Waals surface area contributed by atoms with Crippen molar-refractivity contribution in [2.45, 2.75) is 19.6 Å². The number of carbonyl (C=O) groups is 1. The molecule has 0 spiro atoms. The smallest absolute Gasteiger partial charge is 0.257 e. The fourth-order valence-electron chi connectivity index (χ4n) is 4.01. The van der Waals surface area contributed by atoms with Crippen molar-refractivity contribution in [3.63, 3.8) is 0 Å². The first-order valence-corrected chi connectivity index (χ1v) is 11.8. The van der Waals surface area contributed by atoms with Gasteiger partial charge in [-0.25, -0.2) is 4.98 Å². The molecule has 1 saturated heterocycles. The van der Waals surface area contributed by atoms with E-state index in [1.165, 1.54) is 5.56 Å². The maximum Gasteiger partial charge on any atom is 0.257 e. The number of rotatable bonds is 7. The quantitative estimate of drug-likeness (QED) is 0.421. The van der Waals surface area contributed by atoms with Gasteiger partial charge in [0.1, 0.15) is 5.15 Å². The summed E-state index contributed by atoms with van der Waals surface area (Å²) in [5.41, 5.74) is 3.91. The van der Waals surface area contributed by atoms with Crippen molar-refractivity contribution in [1.29, 1.82) is 0 Å². The number of pyridine rings is 1. The summed E-state index contributed by atoms with van der Waals surface area (Å²) in [7, 11) is 0. The van der Waals surface area contributed by atoms with Crippen LogP contribution in [0.4, 0.5) is 0 Å². The summed E-state index contributed by atoms with van der Waals surface area (Å²) in [6, 6.07) is 19.7. The van der Waals surface area contributed by atoms with E-state index in [0.717, 1.165) is 30.8 Å². The van der Waals surface area contributed by atoms with Gasteiger partial charge in [0.2, 0.25) is 0 Å². The highest BCUT2D eigenvalue weighted by molar-refractivity contribution is 6.32. The van der Waals surface area contributed by atoms with E-state index in [4.69, 9.17) is 27.9 Å². The second-order valence-corrected chi connectivity index (χ2v) is 9.07. The third-order valence-corrected chi connectivity index (χ3v) is 6.40. The van der Waals surface area contributed by atoms with E-state index < -0.39 is 0 Å². The Hall–Kier alpha value is -2.44. The van der Waals surface area contributed by atoms with E-state index in [1.807, 2.05) is 29.2 Å². The predicted molar refractivity (Wildman–Crippen MR) is 132 cm³/mol. The zero-order valence-corrected chi connectivity index (χ0v) is 20.1. The minimum absolute atomic E-state index is 0.0716. The first-order valence-electron chi connectivity index (χ1n) is 11.0. The molecule has 1 fully saturated rings. The highest BCUT2D eigenvalue weighted by Crippen LogP contribution is 2.24. The molecular weight excluding hydrogens is 457 g/mol. The van der Waals surface area contributed by atoms with E-state index in [1.54, 1.807) is 18.3 Å². The summed E-state index contributed by atoms with van der Waals surface area (Å²) in [6.45, 7) is 6.16. The van der Waals surface area contributed by atoms with Gasteiger partial charge in [-0.1, -0.05) is 65.2 Å². The lowest BCUT2D eigenvalue weighted by Crippen LogP contribution is -2.49. The van der Waals surface area contributed by atoms with Gasteiger partial charge in [-0.15, -0.1) is 0 Å². The van der Waals surface area contributed by atoms with Crippen LogP contribution in [0.3, 0.4) is 0 Å². The van der Waals surface area contributed by atoms with Crippen LogP contribution in [0.1, 0.15) is 33.2 Å². The van der Waals surface area contributed by atoms with Gasteiger partial charge in [-0.05, 0) is 42.3 Å². The molecule has 0 aliphatic carbocycles. The number of benzene rings is 2. The fourth-order valence-corrected chi connectivity index (χ4v) is 4.34. The predicted octanol–water partition coefficient (Wildman–Crippen LogP) is 5.41. The van der Waals surface area contributed by atoms with Crippen LogP contribution in [-0.4, -0.2) is 53.4 Å². The number of carbonyl (C=O) groups excluding carboxylic acids is 1. The molecule has 172 valence electrons. The summed E-state index contributed by atoms with van der Waals surface area (Å²) in [5.74, 6) is -0.0716. The average molecular weight is 484 g/mol. The van der Waals surface area contributed by atoms with Crippen molar-refractivity contribution >= 4 is 29.1 Å². The van der Waals surface area contributed by atoms with Crippen LogP contribution in [0.2, 0.25) is 10.2 Å². The number of aryl methyl sites for hydroxylation is 1. The Morgan fingerprint density at radius 2 is 1.79 bits per heavy atom. The number of ether oxygens (including phenoxy) is 1. The summed E-state index contributed by atoms with van der Waals surface area (Å²) < 4.78 is 6.38. The maximum absolute atomic E-state index is 12.8. The van der Waals surface area contributed by atoms with Crippen LogP contribution >= 0.6 is 23.2 Å². The molecule has 1 atom stereocenters. The van der Waals surface area contributed by atoms with Crippen LogP contribution < -0.4 is 0 Å². The Morgan fingerprint density at radius 3 is 2.48 bits per heavy atom. The molecule has 1 unspecified atom stereocenters. The largest absolute Gasteiger partial charge is 0.368 e. The van der Waals surface area contributed by atoms with Crippen LogP contribution in [0.15, 0.2) is 66.9 Å². The lowest BCUT2D eigenvalue weighted by molar-refractivity contribution is 0.00341. The molecular formula is C26H27Cl2N3O2. The van der Waals surface area contributed by atoms with Crippen molar-refractivity contribution < 1.29 is 9.53 Å². The lowest BCUT2D eigenvalue weighted by atomic mass is 10.1. The summed E-state index contributed by atoms with van der Waals surface area (Å²) in [5, 5.41) is 0.953. The van der Waals surface area contributed by atoms with Crippen molar-refractivity contribution in [2.75, 3.05) is 32.7 Å². The molecule has 2 aromatic carbocycles. The number of hydrogen-bond acceptors (Lipinski definition) is 4. The van der Waals surface area contributed by atoms with Crippen molar-refractivity contribution in [2.24, 2.45) is 0 Å². The SMILES string of the molecule is Cc1cccc(COC(CN2CCN(C(=O)c3cccnc3Cl)CC2)c2ccc(Cl)cc2)c1. The molecule has 1 aliphatic rings. The first-order chi connectivity index (χ1) is 16.0. The van der Waals surface area contributed by atoms with Crippen LogP contribution in [0.25, 0.3) is 0 Å². The van der Waals surface area contributed by atoms with Crippen molar-refractivity contribution in [1.82, 2.24) is 14.8 Å². The summed E-state index contributed by atoms with van der Waals surface area (Å²) in [6.07, 6.45) is 1.49. The molecule has 0 saturated carbocycles. The Kier molecular flexibility index (Phi) is 7.99. The molecule has 1 amide bonds. The van der Waals surface area contributed by atoms with E-state index in [-0.39, 0.29) is 17.2 Å². The summed E-state index contributed by atoms with van der Waals surface area (Å²) >= 11 is 12.2. The third-order valence-electron chi connectivity index (χ3n) is 5.85. The van der Waals surface area contributed by atoms with Crippen LogP contribution in [0, 0.1) is 6.92 Å². The van der Waals surface area contributed by atoms with Gasteiger partial charge in [0.05, 0.1) is 18.3 Å². The molecule has 0 N–H and O–H groups in total. The van der Waals surface area contributed by atoms with Crippen LogP contribution in [-0.2, 0) is 11.3 Å². The minimum Gasteiger partial charge on any atom is -0.368 e.